The lowest BCUT2D eigenvalue weighted by Gasteiger charge is -2.46. The summed E-state index contributed by atoms with van der Waals surface area (Å²) in [5, 5.41) is 0. The SMILES string of the molecule is CN(C)c1ccc(C2CCCC(C)(N(Cc3ccccc3)C(N)=O)C2)cc1. The van der Waals surface area contributed by atoms with Crippen LogP contribution in [0, 0.1) is 0 Å². The quantitative estimate of drug-likeness (QED) is 0.831. The molecule has 2 aromatic rings. The number of hydrogen-bond donors (Lipinski definition) is 1. The van der Waals surface area contributed by atoms with Crippen LogP contribution in [0.4, 0.5) is 10.5 Å². The van der Waals surface area contributed by atoms with E-state index in [4.69, 9.17) is 5.73 Å². The standard InChI is InChI=1S/C23H31N3O/c1-23(26(22(24)27)17-18-8-5-4-6-9-18)15-7-10-20(16-23)19-11-13-21(14-12-19)25(2)3/h4-6,8-9,11-14,20H,7,10,15-17H2,1-3H3,(H2,24,27). The first kappa shape index (κ1) is 19.3. The summed E-state index contributed by atoms with van der Waals surface area (Å²) < 4.78 is 0. The van der Waals surface area contributed by atoms with Crippen molar-refractivity contribution in [3.8, 4) is 0 Å². The maximum Gasteiger partial charge on any atom is 0.315 e. The highest BCUT2D eigenvalue weighted by Crippen LogP contribution is 2.42. The molecule has 0 spiro atoms. The van der Waals surface area contributed by atoms with Crippen LogP contribution in [0.25, 0.3) is 0 Å². The third kappa shape index (κ3) is 4.44. The Hall–Kier alpha value is -2.49. The Labute approximate surface area is 163 Å². The average molecular weight is 366 g/mol. The van der Waals surface area contributed by atoms with Gasteiger partial charge in [0.2, 0.25) is 0 Å². The lowest BCUT2D eigenvalue weighted by molar-refractivity contribution is 0.0833. The number of rotatable bonds is 5. The molecule has 2 atom stereocenters. The lowest BCUT2D eigenvalue weighted by atomic mass is 9.73. The minimum Gasteiger partial charge on any atom is -0.378 e. The van der Waals surface area contributed by atoms with E-state index in [-0.39, 0.29) is 11.6 Å². The van der Waals surface area contributed by atoms with E-state index in [9.17, 15) is 4.79 Å². The number of nitrogens with two attached hydrogens (primary N) is 1. The van der Waals surface area contributed by atoms with Crippen molar-refractivity contribution in [2.45, 2.75) is 50.6 Å². The van der Waals surface area contributed by atoms with Gasteiger partial charge < -0.3 is 15.5 Å². The molecule has 27 heavy (non-hydrogen) atoms. The number of urea groups is 1. The number of amides is 2. The first-order valence-electron chi connectivity index (χ1n) is 9.77. The monoisotopic (exact) mass is 365 g/mol. The molecular weight excluding hydrogens is 334 g/mol. The summed E-state index contributed by atoms with van der Waals surface area (Å²) in [5.41, 5.74) is 9.29. The van der Waals surface area contributed by atoms with Gasteiger partial charge >= 0.3 is 6.03 Å². The van der Waals surface area contributed by atoms with E-state index < -0.39 is 0 Å². The van der Waals surface area contributed by atoms with Crippen molar-refractivity contribution < 1.29 is 4.79 Å². The van der Waals surface area contributed by atoms with Crippen LogP contribution in [0.1, 0.15) is 49.7 Å². The fourth-order valence-corrected chi connectivity index (χ4v) is 4.34. The van der Waals surface area contributed by atoms with Crippen LogP contribution in [-0.4, -0.2) is 30.6 Å². The van der Waals surface area contributed by atoms with Crippen molar-refractivity contribution in [3.63, 3.8) is 0 Å². The van der Waals surface area contributed by atoms with Gasteiger partial charge in [0.15, 0.2) is 0 Å². The molecular formula is C23H31N3O. The van der Waals surface area contributed by atoms with Crippen molar-refractivity contribution in [3.05, 3.63) is 65.7 Å². The van der Waals surface area contributed by atoms with E-state index in [1.807, 2.05) is 23.1 Å². The highest BCUT2D eigenvalue weighted by molar-refractivity contribution is 5.73. The number of nitrogens with zero attached hydrogens (tertiary/aromatic N) is 2. The Morgan fingerprint density at radius 3 is 2.37 bits per heavy atom. The minimum atomic E-state index is -0.329. The zero-order chi connectivity index (χ0) is 19.4. The number of hydrogen-bond acceptors (Lipinski definition) is 2. The molecule has 0 heterocycles. The van der Waals surface area contributed by atoms with E-state index in [0.29, 0.717) is 12.5 Å². The number of primary amides is 1. The third-order valence-electron chi connectivity index (χ3n) is 5.94. The lowest BCUT2D eigenvalue weighted by Crippen LogP contribution is -2.53. The summed E-state index contributed by atoms with van der Waals surface area (Å²) in [4.78, 5) is 16.3. The Bertz CT molecular complexity index is 757. The number of carbonyl (C=O) groups excluding carboxylic acids is 1. The summed E-state index contributed by atoms with van der Waals surface area (Å²) in [6.07, 6.45) is 4.21. The molecule has 2 amide bonds. The molecule has 1 aliphatic carbocycles. The average Bonchev–Trinajstić information content (AvgIpc) is 2.66. The number of benzene rings is 2. The Kier molecular flexibility index (Phi) is 5.73. The van der Waals surface area contributed by atoms with Gasteiger partial charge in [-0.05, 0) is 55.4 Å². The van der Waals surface area contributed by atoms with Crippen molar-refractivity contribution in [2.75, 3.05) is 19.0 Å². The molecule has 1 fully saturated rings. The Balaban J connectivity index is 1.79. The van der Waals surface area contributed by atoms with Crippen LogP contribution in [0.5, 0.6) is 0 Å². The van der Waals surface area contributed by atoms with Crippen molar-refractivity contribution in [1.82, 2.24) is 4.90 Å². The molecule has 0 aromatic heterocycles. The van der Waals surface area contributed by atoms with E-state index in [1.54, 1.807) is 0 Å². The van der Waals surface area contributed by atoms with Crippen molar-refractivity contribution >= 4 is 11.7 Å². The molecule has 2 aromatic carbocycles. The first-order valence-corrected chi connectivity index (χ1v) is 9.77. The van der Waals surface area contributed by atoms with Gasteiger partial charge in [-0.15, -0.1) is 0 Å². The maximum absolute atomic E-state index is 12.3. The fraction of sp³-hybridized carbons (Fsp3) is 0.435. The van der Waals surface area contributed by atoms with Gasteiger partial charge in [-0.2, -0.15) is 0 Å². The highest BCUT2D eigenvalue weighted by Gasteiger charge is 2.39. The Morgan fingerprint density at radius 2 is 1.78 bits per heavy atom. The van der Waals surface area contributed by atoms with Gasteiger partial charge in [0.25, 0.3) is 0 Å². The van der Waals surface area contributed by atoms with Crippen molar-refractivity contribution in [2.24, 2.45) is 5.73 Å². The molecule has 2 N–H and O–H groups in total. The van der Waals surface area contributed by atoms with Crippen LogP contribution in [-0.2, 0) is 6.54 Å². The molecule has 1 saturated carbocycles. The summed E-state index contributed by atoms with van der Waals surface area (Å²) >= 11 is 0. The van der Waals surface area contributed by atoms with Gasteiger partial charge in [0.05, 0.1) is 0 Å². The third-order valence-corrected chi connectivity index (χ3v) is 5.94. The summed E-state index contributed by atoms with van der Waals surface area (Å²) in [5.74, 6) is 0.456. The molecule has 0 saturated heterocycles. The molecule has 4 nitrogen and oxygen atoms in total. The van der Waals surface area contributed by atoms with Gasteiger partial charge in [-0.25, -0.2) is 4.79 Å². The van der Waals surface area contributed by atoms with Gasteiger partial charge in [-0.3, -0.25) is 0 Å². The predicted octanol–water partition coefficient (Wildman–Crippen LogP) is 4.75. The second kappa shape index (κ2) is 8.03. The first-order chi connectivity index (χ1) is 12.9. The molecule has 0 aliphatic heterocycles. The molecule has 4 heteroatoms. The smallest absolute Gasteiger partial charge is 0.315 e. The molecule has 0 radical (unpaired) electrons. The number of carbonyl (C=O) groups is 1. The predicted molar refractivity (Wildman–Crippen MR) is 112 cm³/mol. The van der Waals surface area contributed by atoms with Gasteiger partial charge in [0, 0.05) is 31.9 Å². The van der Waals surface area contributed by atoms with Crippen LogP contribution in [0.2, 0.25) is 0 Å². The number of anilines is 1. The largest absolute Gasteiger partial charge is 0.378 e. The van der Waals surface area contributed by atoms with E-state index >= 15 is 0 Å². The zero-order valence-electron chi connectivity index (χ0n) is 16.7. The summed E-state index contributed by atoms with van der Waals surface area (Å²) in [6.45, 7) is 2.76. The van der Waals surface area contributed by atoms with E-state index in [0.717, 1.165) is 31.2 Å². The van der Waals surface area contributed by atoms with Crippen LogP contribution in [0.15, 0.2) is 54.6 Å². The van der Waals surface area contributed by atoms with Gasteiger partial charge in [-0.1, -0.05) is 48.9 Å². The van der Waals surface area contributed by atoms with Crippen LogP contribution >= 0.6 is 0 Å². The zero-order valence-corrected chi connectivity index (χ0v) is 16.7. The molecule has 3 rings (SSSR count). The fourth-order valence-electron chi connectivity index (χ4n) is 4.34. The minimum absolute atomic E-state index is 0.217. The second-order valence-corrected chi connectivity index (χ2v) is 8.19. The molecule has 144 valence electrons. The van der Waals surface area contributed by atoms with Gasteiger partial charge in [0.1, 0.15) is 0 Å². The molecule has 2 unspecified atom stereocenters. The van der Waals surface area contributed by atoms with E-state index in [1.165, 1.54) is 11.3 Å². The molecule has 0 bridgehead atoms. The normalized spacial score (nSPS) is 22.3. The Morgan fingerprint density at radius 1 is 1.11 bits per heavy atom. The second-order valence-electron chi connectivity index (χ2n) is 8.19. The molecule has 1 aliphatic rings. The summed E-state index contributed by atoms with van der Waals surface area (Å²) in [6, 6.07) is 18.6. The van der Waals surface area contributed by atoms with Crippen molar-refractivity contribution in [1.29, 1.82) is 0 Å². The topological polar surface area (TPSA) is 49.6 Å². The highest BCUT2D eigenvalue weighted by atomic mass is 16.2. The van der Waals surface area contributed by atoms with Crippen LogP contribution < -0.4 is 10.6 Å². The van der Waals surface area contributed by atoms with Crippen LogP contribution in [0.3, 0.4) is 0 Å². The van der Waals surface area contributed by atoms with E-state index in [2.05, 4.69) is 62.3 Å². The summed E-state index contributed by atoms with van der Waals surface area (Å²) in [7, 11) is 4.11. The maximum atomic E-state index is 12.3.